The third-order valence-corrected chi connectivity index (χ3v) is 5.50. The lowest BCUT2D eigenvalue weighted by Gasteiger charge is -2.11. The van der Waals surface area contributed by atoms with Crippen LogP contribution in [0.2, 0.25) is 10.0 Å². The quantitative estimate of drug-likeness (QED) is 0.208. The molecule has 3 N–H and O–H groups in total. The molecule has 0 fully saturated rings. The monoisotopic (exact) mass is 582 g/mol. The minimum absolute atomic E-state index is 0.00569. The summed E-state index contributed by atoms with van der Waals surface area (Å²) in [6.45, 7) is 0. The van der Waals surface area contributed by atoms with Gasteiger partial charge in [0.2, 0.25) is 0 Å². The highest BCUT2D eigenvalue weighted by atomic mass is 35.5. The zero-order chi connectivity index (χ0) is 28.9. The van der Waals surface area contributed by atoms with E-state index in [-0.39, 0.29) is 27.2 Å². The summed E-state index contributed by atoms with van der Waals surface area (Å²) in [6, 6.07) is 14.3. The maximum atomic E-state index is 12.6. The molecular weight excluding hydrogens is 568 g/mol. The van der Waals surface area contributed by atoms with Crippen LogP contribution in [0.1, 0.15) is 15.9 Å². The van der Waals surface area contributed by atoms with Gasteiger partial charge < -0.3 is 15.6 Å². The number of carboxylic acid groups (broad SMARTS) is 1. The Morgan fingerprint density at radius 3 is 2.31 bits per heavy atom. The van der Waals surface area contributed by atoms with Gasteiger partial charge in [0.15, 0.2) is 0 Å². The van der Waals surface area contributed by atoms with Crippen molar-refractivity contribution in [2.24, 2.45) is 0 Å². The van der Waals surface area contributed by atoms with Gasteiger partial charge in [0, 0.05) is 12.1 Å². The van der Waals surface area contributed by atoms with E-state index in [1.54, 1.807) is 12.1 Å². The van der Waals surface area contributed by atoms with Crippen LogP contribution in [0.3, 0.4) is 0 Å². The summed E-state index contributed by atoms with van der Waals surface area (Å²) >= 11 is 11.5. The molecule has 0 radical (unpaired) electrons. The predicted octanol–water partition coefficient (Wildman–Crippen LogP) is 6.23. The number of nitro benzene ring substituents is 1. The van der Waals surface area contributed by atoms with E-state index in [0.717, 1.165) is 30.3 Å². The number of rotatable bonds is 5. The fourth-order valence-electron chi connectivity index (χ4n) is 2.99. The fourth-order valence-corrected chi connectivity index (χ4v) is 3.34. The summed E-state index contributed by atoms with van der Waals surface area (Å²) in [7, 11) is 0. The number of aromatic carboxylic acids is 1. The summed E-state index contributed by atoms with van der Waals surface area (Å²) < 4.78 is 44.1. The highest BCUT2D eigenvalue weighted by Gasteiger charge is 2.31. The first-order valence-corrected chi connectivity index (χ1v) is 11.2. The molecule has 202 valence electrons. The Kier molecular flexibility index (Phi) is 8.78. The standard InChI is InChI=1S/C14H7ClF3NO5.C10H8ClN3O/c15-10-5-7(14(16,17)18)1-4-12(10)24-8-2-3-11(19(22)23)9(6-8)13(20)21;11-9-8(12)6-13-14(10(9)15)7-4-2-1-3-5-7/h1-6H,(H,20,21);1-6H,12H2. The Hall–Kier alpha value is -4.62. The van der Waals surface area contributed by atoms with Gasteiger partial charge in [-0.05, 0) is 36.4 Å². The molecule has 1 aromatic heterocycles. The Labute approximate surface area is 226 Å². The van der Waals surface area contributed by atoms with Crippen molar-refractivity contribution < 1.29 is 32.7 Å². The van der Waals surface area contributed by atoms with Crippen LogP contribution in [-0.4, -0.2) is 25.8 Å². The average molecular weight is 583 g/mol. The number of carboxylic acids is 1. The largest absolute Gasteiger partial charge is 0.477 e. The Balaban J connectivity index is 0.000000239. The second-order valence-electron chi connectivity index (χ2n) is 7.45. The third kappa shape index (κ3) is 7.03. The number of nitrogens with zero attached hydrogens (tertiary/aromatic N) is 3. The zero-order valence-electron chi connectivity index (χ0n) is 19.2. The number of hydrogen-bond acceptors (Lipinski definition) is 7. The smallest absolute Gasteiger partial charge is 0.416 e. The molecule has 3 aromatic carbocycles. The second kappa shape index (κ2) is 11.8. The van der Waals surface area contributed by atoms with Gasteiger partial charge in [-0.3, -0.25) is 14.9 Å². The van der Waals surface area contributed by atoms with E-state index in [1.165, 1.54) is 10.9 Å². The average Bonchev–Trinajstić information content (AvgIpc) is 2.88. The molecule has 0 saturated carbocycles. The van der Waals surface area contributed by atoms with Crippen molar-refractivity contribution in [1.82, 2.24) is 9.78 Å². The molecule has 0 aliphatic rings. The maximum absolute atomic E-state index is 12.6. The summed E-state index contributed by atoms with van der Waals surface area (Å²) in [5.74, 6) is -1.83. The normalized spacial score (nSPS) is 10.8. The number of nitrogen functional groups attached to an aromatic ring is 1. The van der Waals surface area contributed by atoms with Gasteiger partial charge in [-0.2, -0.15) is 23.0 Å². The maximum Gasteiger partial charge on any atom is 0.416 e. The van der Waals surface area contributed by atoms with Crippen LogP contribution in [0.4, 0.5) is 24.5 Å². The van der Waals surface area contributed by atoms with Gasteiger partial charge in [-0.15, -0.1) is 0 Å². The molecule has 0 atom stereocenters. The van der Waals surface area contributed by atoms with Crippen LogP contribution in [0.15, 0.2) is 77.7 Å². The molecule has 0 amide bonds. The summed E-state index contributed by atoms with van der Waals surface area (Å²) in [5, 5.41) is 23.3. The van der Waals surface area contributed by atoms with Crippen molar-refractivity contribution in [2.45, 2.75) is 6.18 Å². The van der Waals surface area contributed by atoms with E-state index in [1.807, 2.05) is 18.2 Å². The van der Waals surface area contributed by atoms with Gasteiger partial charge in [-0.1, -0.05) is 41.4 Å². The number of carbonyl (C=O) groups is 1. The zero-order valence-corrected chi connectivity index (χ0v) is 20.7. The summed E-state index contributed by atoms with van der Waals surface area (Å²) in [5.41, 5.74) is 3.64. The van der Waals surface area contributed by atoms with Gasteiger partial charge in [0.05, 0.1) is 33.1 Å². The molecule has 10 nitrogen and oxygen atoms in total. The van der Waals surface area contributed by atoms with Crippen molar-refractivity contribution in [3.63, 3.8) is 0 Å². The lowest BCUT2D eigenvalue weighted by atomic mass is 10.1. The van der Waals surface area contributed by atoms with E-state index < -0.39 is 39.4 Å². The van der Waals surface area contributed by atoms with Crippen molar-refractivity contribution in [1.29, 1.82) is 0 Å². The minimum Gasteiger partial charge on any atom is -0.477 e. The molecule has 0 aliphatic heterocycles. The molecule has 0 bridgehead atoms. The number of benzene rings is 3. The predicted molar refractivity (Wildman–Crippen MR) is 136 cm³/mol. The van der Waals surface area contributed by atoms with Crippen LogP contribution in [0.5, 0.6) is 11.5 Å². The van der Waals surface area contributed by atoms with Crippen molar-refractivity contribution in [3.05, 3.63) is 115 Å². The fraction of sp³-hybridized carbons (Fsp3) is 0.0417. The molecule has 0 spiro atoms. The van der Waals surface area contributed by atoms with Crippen LogP contribution < -0.4 is 16.0 Å². The van der Waals surface area contributed by atoms with Gasteiger partial charge in [0.25, 0.3) is 11.2 Å². The number of nitro groups is 1. The Morgan fingerprint density at radius 2 is 1.74 bits per heavy atom. The van der Waals surface area contributed by atoms with Gasteiger partial charge in [-0.25, -0.2) is 4.79 Å². The van der Waals surface area contributed by atoms with Crippen LogP contribution in [0.25, 0.3) is 5.69 Å². The number of ether oxygens (including phenoxy) is 1. The number of halogens is 5. The molecule has 0 aliphatic carbocycles. The molecule has 4 aromatic rings. The van der Waals surface area contributed by atoms with Crippen LogP contribution >= 0.6 is 23.2 Å². The molecule has 39 heavy (non-hydrogen) atoms. The highest BCUT2D eigenvalue weighted by Crippen LogP contribution is 2.37. The van der Waals surface area contributed by atoms with Gasteiger partial charge in [0.1, 0.15) is 22.1 Å². The topological polar surface area (TPSA) is 151 Å². The molecule has 1 heterocycles. The third-order valence-electron chi connectivity index (χ3n) is 4.83. The van der Waals surface area contributed by atoms with E-state index in [9.17, 15) is 32.9 Å². The van der Waals surface area contributed by atoms with Crippen molar-refractivity contribution in [2.75, 3.05) is 5.73 Å². The molecule has 15 heteroatoms. The first-order chi connectivity index (χ1) is 18.3. The Bertz CT molecular complexity index is 1600. The molecular formula is C24H15Cl2F3N4O6. The number of para-hydroxylation sites is 1. The SMILES string of the molecule is Nc1cnn(-c2ccccc2)c(=O)c1Cl.O=C(O)c1cc(Oc2ccc(C(F)(F)F)cc2Cl)ccc1[N+](=O)[O-]. The number of alkyl halides is 3. The summed E-state index contributed by atoms with van der Waals surface area (Å²) in [6.07, 6.45) is -3.22. The number of hydrogen-bond donors (Lipinski definition) is 2. The van der Waals surface area contributed by atoms with E-state index in [2.05, 4.69) is 5.10 Å². The number of nitrogens with two attached hydrogens (primary N) is 1. The van der Waals surface area contributed by atoms with Crippen LogP contribution in [-0.2, 0) is 6.18 Å². The van der Waals surface area contributed by atoms with E-state index in [0.29, 0.717) is 11.8 Å². The first kappa shape index (κ1) is 28.9. The van der Waals surface area contributed by atoms with Crippen molar-refractivity contribution >= 4 is 40.5 Å². The summed E-state index contributed by atoms with van der Waals surface area (Å²) in [4.78, 5) is 32.6. The minimum atomic E-state index is -4.58. The Morgan fingerprint density at radius 1 is 1.08 bits per heavy atom. The molecule has 4 rings (SSSR count). The molecule has 0 unspecified atom stereocenters. The lowest BCUT2D eigenvalue weighted by Crippen LogP contribution is -2.22. The number of anilines is 1. The lowest BCUT2D eigenvalue weighted by molar-refractivity contribution is -0.385. The van der Waals surface area contributed by atoms with Gasteiger partial charge >= 0.3 is 12.1 Å². The van der Waals surface area contributed by atoms with E-state index >= 15 is 0 Å². The highest BCUT2D eigenvalue weighted by molar-refractivity contribution is 6.32. The second-order valence-corrected chi connectivity index (χ2v) is 8.24. The van der Waals surface area contributed by atoms with Crippen LogP contribution in [0, 0.1) is 10.1 Å². The number of aromatic nitrogens is 2. The first-order valence-electron chi connectivity index (χ1n) is 10.4. The van der Waals surface area contributed by atoms with Crippen molar-refractivity contribution in [3.8, 4) is 17.2 Å². The van der Waals surface area contributed by atoms with E-state index in [4.69, 9.17) is 38.8 Å². The molecule has 0 saturated heterocycles.